The first-order chi connectivity index (χ1) is 17.1. The molecule has 2 N–H and O–H groups in total. The molecule has 2 atom stereocenters. The van der Waals surface area contributed by atoms with E-state index in [-0.39, 0.29) is 33.6 Å². The van der Waals surface area contributed by atoms with E-state index in [2.05, 4.69) is 0 Å². The first-order valence-corrected chi connectivity index (χ1v) is 9.67. The Labute approximate surface area is 193 Å². The van der Waals surface area contributed by atoms with E-state index in [9.17, 15) is 28.0 Å². The molecule has 0 aromatic heterocycles. The van der Waals surface area contributed by atoms with E-state index < -0.39 is 60.4 Å². The molecular formula is C22H18ClF2N3O4. The zero-order valence-corrected chi connectivity index (χ0v) is 17.0. The summed E-state index contributed by atoms with van der Waals surface area (Å²) in [6.07, 6.45) is -3.50. The number of amides is 4. The highest BCUT2D eigenvalue weighted by Crippen LogP contribution is 2.30. The van der Waals surface area contributed by atoms with Crippen LogP contribution in [0.3, 0.4) is 0 Å². The molecular weight excluding hydrogens is 444 g/mol. The fourth-order valence-corrected chi connectivity index (χ4v) is 3.44. The van der Waals surface area contributed by atoms with Crippen molar-refractivity contribution in [2.24, 2.45) is 0 Å². The number of rotatable bonds is 5. The van der Waals surface area contributed by atoms with Gasteiger partial charge in [0.05, 0.1) is 2.74 Å². The van der Waals surface area contributed by atoms with Crippen LogP contribution in [-0.4, -0.2) is 34.5 Å². The summed E-state index contributed by atoms with van der Waals surface area (Å²) in [6, 6.07) is 5.30. The van der Waals surface area contributed by atoms with Gasteiger partial charge in [-0.15, -0.1) is 0 Å². The van der Waals surface area contributed by atoms with E-state index in [1.807, 2.05) is 0 Å². The monoisotopic (exact) mass is 466 g/mol. The molecule has 0 bridgehead atoms. The molecule has 2 aliphatic rings. The molecule has 2 aromatic carbocycles. The molecule has 2 aromatic rings. The Hall–Kier alpha value is -3.33. The molecule has 2 unspecified atom stereocenters. The maximum atomic E-state index is 14.7. The van der Waals surface area contributed by atoms with Gasteiger partial charge in [-0.25, -0.2) is 0 Å². The Balaban J connectivity index is 1.57. The van der Waals surface area contributed by atoms with Crippen LogP contribution >= 0.6 is 11.6 Å². The fourth-order valence-electron chi connectivity index (χ4n) is 3.32. The van der Waals surface area contributed by atoms with Crippen molar-refractivity contribution in [1.29, 1.82) is 0 Å². The summed E-state index contributed by atoms with van der Waals surface area (Å²) in [5.74, 6) is -9.31. The first kappa shape index (κ1) is 16.3. The van der Waals surface area contributed by atoms with Crippen molar-refractivity contribution in [1.82, 2.24) is 15.5 Å². The van der Waals surface area contributed by atoms with Gasteiger partial charge in [-0.3, -0.25) is 24.5 Å². The number of nitrogens with zero attached hydrogens (tertiary/aromatic N) is 1. The summed E-state index contributed by atoms with van der Waals surface area (Å²) in [6.45, 7) is -2.31. The lowest BCUT2D eigenvalue weighted by atomic mass is 10.0. The molecule has 32 heavy (non-hydrogen) atoms. The number of nitrogens with one attached hydrogen (secondary N) is 2. The molecule has 0 radical (unpaired) electrons. The summed E-state index contributed by atoms with van der Waals surface area (Å²) in [5.41, 5.74) is -0.642. The Bertz CT molecular complexity index is 1330. The number of halogens is 3. The zero-order valence-electron chi connectivity index (χ0n) is 21.2. The SMILES string of the molecule is [2H]C(c1ccc2c(c1)CN(C1([2H])CC([2H])([2H])C(=O)NC1=O)C2=O)N([2H])C(=O)C(F)(F)c1ccc(Cl)cc1. The number of hydrogen-bond donors (Lipinski definition) is 2. The standard InChI is InChI=1S/C22H18ClF2N3O4/c23-15-4-2-14(3-5-15)22(24,25)21(32)26-10-12-1-6-16-13(9-12)11-28(20(16)31)17-7-8-18(29)27-19(17)30/h1-6,9,17H,7-8,10-11H2,(H,26,32)(H,27,29,30)/i8D2,10D,17D/hD. The summed E-state index contributed by atoms with van der Waals surface area (Å²) in [7, 11) is 0. The summed E-state index contributed by atoms with van der Waals surface area (Å²) in [5, 5.41) is 1.72. The van der Waals surface area contributed by atoms with Crippen LogP contribution in [0, 0.1) is 0 Å². The maximum Gasteiger partial charge on any atom is 0.349 e. The Morgan fingerprint density at radius 1 is 1.31 bits per heavy atom. The minimum atomic E-state index is -4.13. The van der Waals surface area contributed by atoms with Gasteiger partial charge in [0.1, 0.15) is 6.02 Å². The van der Waals surface area contributed by atoms with Crippen molar-refractivity contribution in [3.05, 3.63) is 69.7 Å². The van der Waals surface area contributed by atoms with Gasteiger partial charge in [-0.2, -0.15) is 8.78 Å². The van der Waals surface area contributed by atoms with Gasteiger partial charge in [0, 0.05) is 38.3 Å². The highest BCUT2D eigenvalue weighted by Gasteiger charge is 2.41. The third-order valence-electron chi connectivity index (χ3n) is 4.97. The molecule has 4 rings (SSSR count). The fraction of sp³-hybridized carbons (Fsp3) is 0.273. The van der Waals surface area contributed by atoms with Crippen LogP contribution in [0.15, 0.2) is 42.5 Å². The number of piperidine rings is 1. The molecule has 7 nitrogen and oxygen atoms in total. The van der Waals surface area contributed by atoms with Crippen LogP contribution in [0.2, 0.25) is 6.43 Å². The number of fused-ring (bicyclic) bond motifs is 1. The van der Waals surface area contributed by atoms with Gasteiger partial charge in [-0.1, -0.05) is 35.9 Å². The number of hydrogen-bond acceptors (Lipinski definition) is 4. The molecule has 166 valence electrons. The van der Waals surface area contributed by atoms with Gasteiger partial charge < -0.3 is 10.2 Å². The van der Waals surface area contributed by atoms with Crippen molar-refractivity contribution in [3.63, 3.8) is 0 Å². The molecule has 2 aliphatic heterocycles. The van der Waals surface area contributed by atoms with E-state index >= 15 is 0 Å². The van der Waals surface area contributed by atoms with Gasteiger partial charge >= 0.3 is 5.92 Å². The minimum absolute atomic E-state index is 0.00203. The average Bonchev–Trinajstić information content (AvgIpc) is 3.18. The third-order valence-corrected chi connectivity index (χ3v) is 5.22. The first-order valence-electron chi connectivity index (χ1n) is 11.8. The van der Waals surface area contributed by atoms with Crippen LogP contribution in [-0.2, 0) is 33.4 Å². The number of benzene rings is 2. The molecule has 10 heteroatoms. The minimum Gasteiger partial charge on any atom is -0.346 e. The van der Waals surface area contributed by atoms with Crippen molar-refractivity contribution in [2.75, 3.05) is 0 Å². The normalized spacial score (nSPS) is 25.5. The second-order valence-corrected chi connectivity index (χ2v) is 7.47. The van der Waals surface area contributed by atoms with E-state index in [4.69, 9.17) is 18.5 Å². The zero-order chi connectivity index (χ0) is 27.5. The largest absolute Gasteiger partial charge is 0.349 e. The number of carbonyl (C=O) groups excluding carboxylic acids is 4. The molecule has 2 heterocycles. The maximum absolute atomic E-state index is 14.7. The Morgan fingerprint density at radius 3 is 2.75 bits per heavy atom. The summed E-state index contributed by atoms with van der Waals surface area (Å²) < 4.78 is 69.5. The van der Waals surface area contributed by atoms with Crippen LogP contribution in [0.1, 0.15) is 45.3 Å². The highest BCUT2D eigenvalue weighted by molar-refractivity contribution is 6.30. The molecule has 0 saturated carbocycles. The van der Waals surface area contributed by atoms with Gasteiger partial charge in [-0.05, 0) is 35.7 Å². The molecule has 4 amide bonds. The lowest BCUT2D eigenvalue weighted by molar-refractivity contribution is -0.147. The number of imide groups is 1. The number of alkyl halides is 2. The predicted octanol–water partition coefficient (Wildman–Crippen LogP) is 2.51. The third kappa shape index (κ3) is 4.08. The van der Waals surface area contributed by atoms with E-state index in [0.717, 1.165) is 29.2 Å². The van der Waals surface area contributed by atoms with Crippen molar-refractivity contribution in [2.45, 2.75) is 37.8 Å². The molecule has 1 fully saturated rings. The smallest absolute Gasteiger partial charge is 0.346 e. The van der Waals surface area contributed by atoms with Gasteiger partial charge in [0.2, 0.25) is 11.8 Å². The van der Waals surface area contributed by atoms with Crippen LogP contribution in [0.25, 0.3) is 0 Å². The van der Waals surface area contributed by atoms with Crippen molar-refractivity contribution >= 4 is 35.2 Å². The lowest BCUT2D eigenvalue weighted by Crippen LogP contribution is -2.52. The lowest BCUT2D eigenvalue weighted by Gasteiger charge is -2.29. The van der Waals surface area contributed by atoms with E-state index in [1.165, 1.54) is 18.2 Å². The quantitative estimate of drug-likeness (QED) is 0.662. The van der Waals surface area contributed by atoms with E-state index in [0.29, 0.717) is 0 Å². The number of carbonyl (C=O) groups is 4. The predicted molar refractivity (Wildman–Crippen MR) is 110 cm³/mol. The van der Waals surface area contributed by atoms with Crippen LogP contribution < -0.4 is 10.6 Å². The second kappa shape index (κ2) is 8.31. The Morgan fingerprint density at radius 2 is 2.03 bits per heavy atom. The highest BCUT2D eigenvalue weighted by atomic mass is 35.5. The Kier molecular flexibility index (Phi) is 4.24. The average molecular weight is 467 g/mol. The van der Waals surface area contributed by atoms with E-state index in [1.54, 1.807) is 5.32 Å². The summed E-state index contributed by atoms with van der Waals surface area (Å²) >= 11 is 5.69. The van der Waals surface area contributed by atoms with Crippen LogP contribution in [0.5, 0.6) is 0 Å². The topological polar surface area (TPSA) is 95.6 Å². The van der Waals surface area contributed by atoms with Gasteiger partial charge in [0.15, 0.2) is 1.41 Å². The van der Waals surface area contributed by atoms with Crippen molar-refractivity contribution in [3.8, 4) is 0 Å². The van der Waals surface area contributed by atoms with Gasteiger partial charge in [0.25, 0.3) is 11.8 Å². The second-order valence-electron chi connectivity index (χ2n) is 7.04. The molecule has 1 saturated heterocycles. The molecule has 0 aliphatic carbocycles. The van der Waals surface area contributed by atoms with Crippen LogP contribution in [0.4, 0.5) is 8.78 Å². The summed E-state index contributed by atoms with van der Waals surface area (Å²) in [4.78, 5) is 50.2. The van der Waals surface area contributed by atoms with Crippen molar-refractivity contribution < 1.29 is 34.9 Å². The molecule has 0 spiro atoms.